The van der Waals surface area contributed by atoms with E-state index in [1.807, 2.05) is 6.92 Å². The molecule has 0 aliphatic rings. The van der Waals surface area contributed by atoms with Gasteiger partial charge in [-0.25, -0.2) is 4.99 Å². The van der Waals surface area contributed by atoms with Gasteiger partial charge in [-0.15, -0.1) is 0 Å². The number of aromatic nitrogens is 2. The Morgan fingerprint density at radius 2 is 2.08 bits per heavy atom. The lowest BCUT2D eigenvalue weighted by Gasteiger charge is -2.22. The van der Waals surface area contributed by atoms with Crippen LogP contribution in [0.3, 0.4) is 0 Å². The van der Waals surface area contributed by atoms with Gasteiger partial charge >= 0.3 is 6.18 Å². The Labute approximate surface area is 145 Å². The third-order valence-corrected chi connectivity index (χ3v) is 3.45. The first kappa shape index (κ1) is 21.2. The molecule has 7 nitrogen and oxygen atoms in total. The summed E-state index contributed by atoms with van der Waals surface area (Å²) in [4.78, 5) is 5.49. The Kier molecular flexibility index (Phi) is 7.68. The zero-order chi connectivity index (χ0) is 19.1. The van der Waals surface area contributed by atoms with Gasteiger partial charge in [-0.1, -0.05) is 0 Å². The second kappa shape index (κ2) is 9.04. The Bertz CT molecular complexity index is 556. The molecule has 0 bridgehead atoms. The van der Waals surface area contributed by atoms with Crippen LogP contribution in [0.1, 0.15) is 19.4 Å². The quantitative estimate of drug-likeness (QED) is 0.467. The Hall–Kier alpha value is -1.81. The van der Waals surface area contributed by atoms with Crippen LogP contribution in [0.5, 0.6) is 0 Å². The lowest BCUT2D eigenvalue weighted by Crippen LogP contribution is -2.43. The van der Waals surface area contributed by atoms with Gasteiger partial charge in [0, 0.05) is 38.4 Å². The summed E-state index contributed by atoms with van der Waals surface area (Å²) in [5.41, 5.74) is -0.552. The van der Waals surface area contributed by atoms with Crippen molar-refractivity contribution in [3.05, 3.63) is 18.0 Å². The number of aliphatic hydroxyl groups is 1. The molecule has 1 aromatic rings. The number of aliphatic imine (C=N–C) groups is 1. The van der Waals surface area contributed by atoms with Gasteiger partial charge < -0.3 is 15.7 Å². The van der Waals surface area contributed by atoms with Gasteiger partial charge in [0.1, 0.15) is 5.60 Å². The molecule has 10 heteroatoms. The number of halogens is 3. The van der Waals surface area contributed by atoms with Crippen molar-refractivity contribution in [1.82, 2.24) is 25.3 Å². The van der Waals surface area contributed by atoms with Crippen molar-refractivity contribution >= 4 is 5.96 Å². The average Bonchev–Trinajstić information content (AvgIpc) is 2.90. The lowest BCUT2D eigenvalue weighted by atomic mass is 10.0. The molecule has 1 atom stereocenters. The molecule has 0 aromatic carbocycles. The second-order valence-corrected chi connectivity index (χ2v) is 6.15. The number of likely N-dealkylation sites (N-methyl/N-ethyl adjacent to an activating group) is 1. The van der Waals surface area contributed by atoms with Gasteiger partial charge in [0.15, 0.2) is 5.96 Å². The van der Waals surface area contributed by atoms with Gasteiger partial charge in [0.05, 0.1) is 19.3 Å². The van der Waals surface area contributed by atoms with Crippen molar-refractivity contribution in [3.8, 4) is 0 Å². The number of nitrogens with zero attached hydrogens (tertiary/aromatic N) is 4. The highest BCUT2D eigenvalue weighted by molar-refractivity contribution is 5.79. The molecule has 0 saturated heterocycles. The molecule has 0 amide bonds. The summed E-state index contributed by atoms with van der Waals surface area (Å²) in [7, 11) is 3.17. The largest absolute Gasteiger partial charge is 0.401 e. The van der Waals surface area contributed by atoms with Crippen LogP contribution in [-0.4, -0.2) is 71.7 Å². The van der Waals surface area contributed by atoms with E-state index in [1.54, 1.807) is 31.0 Å². The van der Waals surface area contributed by atoms with Gasteiger partial charge in [-0.05, 0) is 20.9 Å². The highest BCUT2D eigenvalue weighted by Crippen LogP contribution is 2.19. The minimum atomic E-state index is -4.21. The highest BCUT2D eigenvalue weighted by atomic mass is 19.4. The van der Waals surface area contributed by atoms with Crippen molar-refractivity contribution in [1.29, 1.82) is 0 Å². The predicted molar refractivity (Wildman–Crippen MR) is 90.3 cm³/mol. The fraction of sp³-hybridized carbons (Fsp3) is 0.733. The monoisotopic (exact) mass is 364 g/mol. The summed E-state index contributed by atoms with van der Waals surface area (Å²) in [5.74, 6) is 0.437. The van der Waals surface area contributed by atoms with E-state index in [4.69, 9.17) is 0 Å². The maximum Gasteiger partial charge on any atom is 0.401 e. The van der Waals surface area contributed by atoms with Crippen LogP contribution < -0.4 is 10.6 Å². The number of hydrogen-bond acceptors (Lipinski definition) is 4. The van der Waals surface area contributed by atoms with Crippen LogP contribution in [0.2, 0.25) is 0 Å². The van der Waals surface area contributed by atoms with Crippen molar-refractivity contribution in [2.24, 2.45) is 12.0 Å². The zero-order valence-corrected chi connectivity index (χ0v) is 15.1. The van der Waals surface area contributed by atoms with E-state index in [9.17, 15) is 18.3 Å². The van der Waals surface area contributed by atoms with E-state index in [0.29, 0.717) is 24.6 Å². The number of hydrogen-bond donors (Lipinski definition) is 3. The van der Waals surface area contributed by atoms with Crippen LogP contribution in [0, 0.1) is 0 Å². The minimum Gasteiger partial charge on any atom is -0.383 e. The Morgan fingerprint density at radius 3 is 2.60 bits per heavy atom. The maximum atomic E-state index is 12.3. The molecule has 25 heavy (non-hydrogen) atoms. The van der Waals surface area contributed by atoms with Crippen LogP contribution >= 0.6 is 0 Å². The molecule has 0 spiro atoms. The molecule has 1 aromatic heterocycles. The summed E-state index contributed by atoms with van der Waals surface area (Å²) >= 11 is 0. The minimum absolute atomic E-state index is 0.0897. The van der Waals surface area contributed by atoms with Gasteiger partial charge in [-0.2, -0.15) is 18.3 Å². The van der Waals surface area contributed by atoms with Crippen LogP contribution in [0.25, 0.3) is 0 Å². The number of nitrogens with one attached hydrogen (secondary N) is 2. The summed E-state index contributed by atoms with van der Waals surface area (Å²) < 4.78 is 38.5. The fourth-order valence-electron chi connectivity index (χ4n) is 2.12. The van der Waals surface area contributed by atoms with Gasteiger partial charge in [0.25, 0.3) is 0 Å². The molecular formula is C15H27F3N6O. The van der Waals surface area contributed by atoms with E-state index < -0.39 is 18.3 Å². The van der Waals surface area contributed by atoms with E-state index in [-0.39, 0.29) is 13.1 Å². The van der Waals surface area contributed by atoms with Crippen LogP contribution in [0.4, 0.5) is 13.2 Å². The van der Waals surface area contributed by atoms with Crippen LogP contribution in [0.15, 0.2) is 17.4 Å². The second-order valence-electron chi connectivity index (χ2n) is 6.15. The van der Waals surface area contributed by atoms with E-state index in [0.717, 1.165) is 0 Å². The third-order valence-electron chi connectivity index (χ3n) is 3.45. The smallest absolute Gasteiger partial charge is 0.383 e. The van der Waals surface area contributed by atoms with E-state index in [1.165, 1.54) is 11.9 Å². The molecule has 0 saturated carbocycles. The molecule has 3 N–H and O–H groups in total. The average molecular weight is 364 g/mol. The number of aryl methyl sites for hydroxylation is 1. The molecule has 0 aliphatic heterocycles. The zero-order valence-electron chi connectivity index (χ0n) is 15.1. The fourth-order valence-corrected chi connectivity index (χ4v) is 2.12. The summed E-state index contributed by atoms with van der Waals surface area (Å²) in [6.45, 7) is 3.75. The van der Waals surface area contributed by atoms with Gasteiger partial charge in [-0.3, -0.25) is 9.58 Å². The molecule has 0 aliphatic carbocycles. The summed E-state index contributed by atoms with van der Waals surface area (Å²) in [6, 6.07) is 0. The maximum absolute atomic E-state index is 12.3. The Balaban J connectivity index is 2.56. The SMILES string of the molecule is CCNC(=NCC(C)(O)c1cnn(C)c1)NCCN(C)CC(F)(F)F. The first-order chi connectivity index (χ1) is 11.5. The van der Waals surface area contributed by atoms with Crippen molar-refractivity contribution < 1.29 is 18.3 Å². The van der Waals surface area contributed by atoms with E-state index in [2.05, 4.69) is 20.7 Å². The first-order valence-electron chi connectivity index (χ1n) is 8.02. The van der Waals surface area contributed by atoms with Crippen LogP contribution in [-0.2, 0) is 12.6 Å². The Morgan fingerprint density at radius 1 is 1.40 bits per heavy atom. The molecule has 0 fully saturated rings. The first-order valence-corrected chi connectivity index (χ1v) is 8.02. The molecule has 0 radical (unpaired) electrons. The molecule has 1 unspecified atom stereocenters. The standard InChI is InChI=1S/C15H27F3N6O/c1-5-19-13(20-6-7-23(3)11-15(16,17)18)21-10-14(2,25)12-8-22-24(4)9-12/h8-9,25H,5-7,10-11H2,1-4H3,(H2,19,20,21). The van der Waals surface area contributed by atoms with Crippen molar-refractivity contribution in [2.75, 3.05) is 39.8 Å². The molecule has 1 rings (SSSR count). The lowest BCUT2D eigenvalue weighted by molar-refractivity contribution is -0.142. The van der Waals surface area contributed by atoms with Crippen molar-refractivity contribution in [3.63, 3.8) is 0 Å². The molecule has 144 valence electrons. The highest BCUT2D eigenvalue weighted by Gasteiger charge is 2.29. The van der Waals surface area contributed by atoms with Gasteiger partial charge in [0.2, 0.25) is 0 Å². The number of rotatable bonds is 8. The van der Waals surface area contributed by atoms with Crippen molar-refractivity contribution in [2.45, 2.75) is 25.6 Å². The molecule has 1 heterocycles. The molecular weight excluding hydrogens is 337 g/mol. The van der Waals surface area contributed by atoms with E-state index >= 15 is 0 Å². The topological polar surface area (TPSA) is 77.7 Å². The number of alkyl halides is 3. The normalized spacial score (nSPS) is 15.3. The number of guanidine groups is 1. The summed E-state index contributed by atoms with van der Waals surface area (Å²) in [5, 5.41) is 20.5. The third kappa shape index (κ3) is 8.21. The summed E-state index contributed by atoms with van der Waals surface area (Å²) in [6.07, 6.45) is -0.931. The predicted octanol–water partition coefficient (Wildman–Crippen LogP) is 0.677.